The maximum absolute atomic E-state index is 12.5. The van der Waals surface area contributed by atoms with Crippen LogP contribution < -0.4 is 5.32 Å². The Morgan fingerprint density at radius 2 is 0.710 bits per heavy atom. The van der Waals surface area contributed by atoms with E-state index < -0.39 is 18.2 Å². The highest BCUT2D eigenvalue weighted by molar-refractivity contribution is 5.76. The molecule has 1 amide bonds. The number of hydrogen-bond donors (Lipinski definition) is 4. The van der Waals surface area contributed by atoms with Crippen molar-refractivity contribution in [2.45, 2.75) is 360 Å². The van der Waals surface area contributed by atoms with Crippen LogP contribution >= 0.6 is 0 Å². The third-order valence-electron chi connectivity index (χ3n) is 14.7. The summed E-state index contributed by atoms with van der Waals surface area (Å²) in [7, 11) is 0. The summed E-state index contributed by atoms with van der Waals surface area (Å²) in [4.78, 5) is 24.5. The van der Waals surface area contributed by atoms with Gasteiger partial charge in [0.05, 0.1) is 25.4 Å². The van der Waals surface area contributed by atoms with Gasteiger partial charge in [-0.2, -0.15) is 0 Å². The number of carbonyl (C=O) groups is 2. The molecule has 410 valence electrons. The molecule has 0 heterocycles. The van der Waals surface area contributed by atoms with Crippen LogP contribution in [-0.4, -0.2) is 58.7 Å². The van der Waals surface area contributed by atoms with Gasteiger partial charge in [-0.25, -0.2) is 0 Å². The molecule has 7 heteroatoms. The molecule has 69 heavy (non-hydrogen) atoms. The van der Waals surface area contributed by atoms with Crippen LogP contribution in [0.1, 0.15) is 341 Å². The van der Waals surface area contributed by atoms with Gasteiger partial charge in [-0.3, -0.25) is 9.59 Å². The number of ether oxygens (including phenoxy) is 1. The normalized spacial score (nSPS) is 13.1. The monoisotopic (exact) mass is 976 g/mol. The van der Waals surface area contributed by atoms with E-state index in [-0.39, 0.29) is 18.5 Å². The van der Waals surface area contributed by atoms with Crippen molar-refractivity contribution < 1.29 is 29.6 Å². The van der Waals surface area contributed by atoms with Gasteiger partial charge in [0.2, 0.25) is 5.91 Å². The Hall–Kier alpha value is -1.44. The smallest absolute Gasteiger partial charge is 0.305 e. The van der Waals surface area contributed by atoms with Gasteiger partial charge in [0, 0.05) is 12.8 Å². The summed E-state index contributed by atoms with van der Waals surface area (Å²) in [6.07, 6.45) is 65.3. The molecule has 0 aromatic rings. The lowest BCUT2D eigenvalue weighted by Crippen LogP contribution is -2.50. The average Bonchev–Trinajstić information content (AvgIpc) is 3.35. The summed E-state index contributed by atoms with van der Waals surface area (Å²) in [5.74, 6) is -0.143. The molecule has 0 radical (unpaired) electrons. The topological polar surface area (TPSA) is 116 Å². The number of allylic oxidation sites excluding steroid dienone is 2. The van der Waals surface area contributed by atoms with Crippen LogP contribution in [0.25, 0.3) is 0 Å². The summed E-state index contributed by atoms with van der Waals surface area (Å²) in [5.41, 5.74) is 0. The quantitative estimate of drug-likeness (QED) is 0.0274. The van der Waals surface area contributed by atoms with E-state index in [1.807, 2.05) is 0 Å². The minimum absolute atomic E-state index is 0.00328. The van der Waals surface area contributed by atoms with E-state index in [4.69, 9.17) is 4.74 Å². The zero-order valence-corrected chi connectivity index (χ0v) is 46.4. The van der Waals surface area contributed by atoms with E-state index >= 15 is 0 Å². The summed E-state index contributed by atoms with van der Waals surface area (Å²) >= 11 is 0. The van der Waals surface area contributed by atoms with Gasteiger partial charge >= 0.3 is 5.97 Å². The van der Waals surface area contributed by atoms with Crippen molar-refractivity contribution >= 4 is 11.9 Å². The second-order valence-electron chi connectivity index (χ2n) is 21.5. The Labute approximate surface area is 430 Å². The van der Waals surface area contributed by atoms with Gasteiger partial charge in [-0.15, -0.1) is 0 Å². The maximum atomic E-state index is 12.5. The van der Waals surface area contributed by atoms with E-state index in [0.717, 1.165) is 57.8 Å². The summed E-state index contributed by atoms with van der Waals surface area (Å²) in [5, 5.41) is 33.6. The highest BCUT2D eigenvalue weighted by Crippen LogP contribution is 2.18. The number of esters is 1. The molecule has 0 unspecified atom stereocenters. The molecule has 0 spiro atoms. The number of amides is 1. The van der Waals surface area contributed by atoms with E-state index in [0.29, 0.717) is 25.9 Å². The fourth-order valence-corrected chi connectivity index (χ4v) is 9.85. The van der Waals surface area contributed by atoms with Crippen molar-refractivity contribution in [2.24, 2.45) is 0 Å². The molecule has 0 aliphatic carbocycles. The molecular weight excluding hydrogens is 855 g/mol. The molecule has 0 aromatic heterocycles. The molecular formula is C62H121NO6. The second-order valence-corrected chi connectivity index (χ2v) is 21.5. The first kappa shape index (κ1) is 67.6. The molecule has 0 saturated carbocycles. The standard InChI is InChI=1S/C62H121NO6/c1-3-5-7-9-11-13-15-17-27-31-35-39-43-47-51-55-61(67)69-56-52-48-44-40-36-32-29-26-24-22-20-18-19-21-23-25-28-30-34-38-42-46-50-54-60(66)63-58(57-64)62(68)59(65)53-49-45-41-37-33-16-14-12-10-8-6-4-2/h17,27,58-59,62,64-65,68H,3-16,18-26,28-57H2,1-2H3,(H,63,66)/b27-17-/t58-,59+,62-/m0/s1. The van der Waals surface area contributed by atoms with Gasteiger partial charge in [0.1, 0.15) is 6.10 Å². The first-order valence-corrected chi connectivity index (χ1v) is 31.0. The zero-order chi connectivity index (χ0) is 50.2. The van der Waals surface area contributed by atoms with Crippen LogP contribution in [0.3, 0.4) is 0 Å². The first-order chi connectivity index (χ1) is 34.0. The Balaban J connectivity index is 3.41. The molecule has 0 aliphatic heterocycles. The van der Waals surface area contributed by atoms with Crippen LogP contribution in [0.2, 0.25) is 0 Å². The molecule has 0 aliphatic rings. The highest BCUT2D eigenvalue weighted by Gasteiger charge is 2.26. The first-order valence-electron chi connectivity index (χ1n) is 31.0. The van der Waals surface area contributed by atoms with E-state index in [9.17, 15) is 24.9 Å². The molecule has 4 N–H and O–H groups in total. The lowest BCUT2D eigenvalue weighted by molar-refractivity contribution is -0.143. The van der Waals surface area contributed by atoms with Crippen molar-refractivity contribution in [3.8, 4) is 0 Å². The van der Waals surface area contributed by atoms with E-state index in [1.54, 1.807) is 0 Å². The summed E-state index contributed by atoms with van der Waals surface area (Å²) < 4.78 is 5.48. The zero-order valence-electron chi connectivity index (χ0n) is 46.4. The largest absolute Gasteiger partial charge is 0.466 e. The van der Waals surface area contributed by atoms with Crippen molar-refractivity contribution in [2.75, 3.05) is 13.2 Å². The van der Waals surface area contributed by atoms with Gasteiger partial charge in [-0.05, 0) is 51.4 Å². The third kappa shape index (κ3) is 52.7. The Morgan fingerprint density at radius 1 is 0.406 bits per heavy atom. The van der Waals surface area contributed by atoms with E-state index in [1.165, 1.54) is 250 Å². The van der Waals surface area contributed by atoms with Gasteiger partial charge < -0.3 is 25.4 Å². The van der Waals surface area contributed by atoms with E-state index in [2.05, 4.69) is 31.3 Å². The predicted octanol–water partition coefficient (Wildman–Crippen LogP) is 18.2. The number of aliphatic hydroxyl groups is 3. The molecule has 3 atom stereocenters. The van der Waals surface area contributed by atoms with Crippen LogP contribution in [-0.2, 0) is 14.3 Å². The van der Waals surface area contributed by atoms with Crippen molar-refractivity contribution in [3.05, 3.63) is 12.2 Å². The van der Waals surface area contributed by atoms with Crippen LogP contribution in [0.15, 0.2) is 12.2 Å². The lowest BCUT2D eigenvalue weighted by Gasteiger charge is -2.26. The molecule has 0 rings (SSSR count). The number of nitrogens with one attached hydrogen (secondary N) is 1. The summed E-state index contributed by atoms with van der Waals surface area (Å²) in [6.45, 7) is 4.77. The minimum Gasteiger partial charge on any atom is -0.466 e. The Bertz CT molecular complexity index is 1050. The highest BCUT2D eigenvalue weighted by atomic mass is 16.5. The SMILES string of the molecule is CCCCCCCC/C=C\CCCCCCCC(=O)OCCCCCCCCCCCCCCCCCCCCCCCCCC(=O)N[C@@H](CO)[C@H](O)[C@H](O)CCCCCCCCCCCCCC. The Kier molecular flexibility index (Phi) is 56.3. The fourth-order valence-electron chi connectivity index (χ4n) is 9.85. The average molecular weight is 977 g/mol. The van der Waals surface area contributed by atoms with Crippen molar-refractivity contribution in [1.29, 1.82) is 0 Å². The number of hydrogen-bond acceptors (Lipinski definition) is 6. The Morgan fingerprint density at radius 3 is 1.07 bits per heavy atom. The molecule has 0 saturated heterocycles. The molecule has 0 fully saturated rings. The third-order valence-corrected chi connectivity index (χ3v) is 14.7. The van der Waals surface area contributed by atoms with Gasteiger partial charge in [0.25, 0.3) is 0 Å². The number of carbonyl (C=O) groups excluding carboxylic acids is 2. The van der Waals surface area contributed by atoms with Crippen LogP contribution in [0.5, 0.6) is 0 Å². The lowest BCUT2D eigenvalue weighted by atomic mass is 9.99. The molecule has 0 bridgehead atoms. The minimum atomic E-state index is -1.14. The number of aliphatic hydroxyl groups excluding tert-OH is 3. The van der Waals surface area contributed by atoms with Crippen LogP contribution in [0, 0.1) is 0 Å². The number of unbranched alkanes of at least 4 members (excludes halogenated alkanes) is 44. The summed E-state index contributed by atoms with van der Waals surface area (Å²) in [6, 6.07) is -0.813. The number of rotatable bonds is 58. The molecule has 7 nitrogen and oxygen atoms in total. The predicted molar refractivity (Wildman–Crippen MR) is 298 cm³/mol. The van der Waals surface area contributed by atoms with Gasteiger partial charge in [0.15, 0.2) is 0 Å². The second kappa shape index (κ2) is 57.5. The van der Waals surface area contributed by atoms with Gasteiger partial charge in [-0.1, -0.05) is 289 Å². The fraction of sp³-hybridized carbons (Fsp3) is 0.935. The van der Waals surface area contributed by atoms with Crippen LogP contribution in [0.4, 0.5) is 0 Å². The van der Waals surface area contributed by atoms with Crippen molar-refractivity contribution in [3.63, 3.8) is 0 Å². The maximum Gasteiger partial charge on any atom is 0.305 e. The molecule has 0 aromatic carbocycles. The van der Waals surface area contributed by atoms with Crippen molar-refractivity contribution in [1.82, 2.24) is 5.32 Å².